The highest BCUT2D eigenvalue weighted by Crippen LogP contribution is 2.26. The molecule has 1 aliphatic heterocycles. The molecule has 96 valence electrons. The number of aryl methyl sites for hydroxylation is 2. The minimum Gasteiger partial charge on any atom is -0.480 e. The summed E-state index contributed by atoms with van der Waals surface area (Å²) < 4.78 is 0. The summed E-state index contributed by atoms with van der Waals surface area (Å²) in [5.41, 5.74) is 2.67. The van der Waals surface area contributed by atoms with E-state index < -0.39 is 12.0 Å². The zero-order valence-electron chi connectivity index (χ0n) is 10.7. The number of benzene rings is 1. The topological polar surface area (TPSA) is 60.9 Å². The summed E-state index contributed by atoms with van der Waals surface area (Å²) in [6, 6.07) is 4.57. The summed E-state index contributed by atoms with van der Waals surface area (Å²) in [4.78, 5) is 26.0. The number of hydrogen-bond donors (Lipinski definition) is 1. The largest absolute Gasteiger partial charge is 0.480 e. The van der Waals surface area contributed by atoms with Crippen LogP contribution in [0.5, 0.6) is 0 Å². The van der Waals surface area contributed by atoms with Crippen molar-refractivity contribution < 1.29 is 14.7 Å². The normalized spacial score (nSPS) is 19.5. The van der Waals surface area contributed by atoms with Gasteiger partial charge in [-0.1, -0.05) is 6.07 Å². The van der Waals surface area contributed by atoms with Gasteiger partial charge in [-0.05, 0) is 37.1 Å². The van der Waals surface area contributed by atoms with E-state index in [4.69, 9.17) is 0 Å². The number of likely N-dealkylation sites (N-methyl/N-ethyl adjacent to an activating group) is 1. The predicted octanol–water partition coefficient (Wildman–Crippen LogP) is 1.63. The lowest BCUT2D eigenvalue weighted by atomic mass is 10.1. The zero-order chi connectivity index (χ0) is 13.4. The summed E-state index contributed by atoms with van der Waals surface area (Å²) in [6.45, 7) is 4.06. The van der Waals surface area contributed by atoms with Gasteiger partial charge in [0.2, 0.25) is 0 Å². The predicted molar refractivity (Wildman–Crippen MR) is 67.8 cm³/mol. The Labute approximate surface area is 106 Å². The minimum atomic E-state index is -0.980. The van der Waals surface area contributed by atoms with E-state index in [1.165, 1.54) is 9.80 Å². The molecule has 1 aromatic carbocycles. The molecule has 1 heterocycles. The second-order valence-electron chi connectivity index (χ2n) is 4.73. The van der Waals surface area contributed by atoms with Crippen LogP contribution in [0.1, 0.15) is 11.1 Å². The van der Waals surface area contributed by atoms with Crippen LogP contribution < -0.4 is 4.90 Å². The van der Waals surface area contributed by atoms with E-state index in [0.717, 1.165) is 11.1 Å². The Morgan fingerprint density at radius 2 is 1.83 bits per heavy atom. The van der Waals surface area contributed by atoms with Gasteiger partial charge in [0.05, 0.1) is 6.54 Å². The van der Waals surface area contributed by atoms with Crippen molar-refractivity contribution in [3.05, 3.63) is 29.3 Å². The van der Waals surface area contributed by atoms with E-state index in [2.05, 4.69) is 0 Å². The smallest absolute Gasteiger partial charge is 0.328 e. The van der Waals surface area contributed by atoms with Crippen molar-refractivity contribution in [1.29, 1.82) is 0 Å². The molecular weight excluding hydrogens is 232 g/mol. The van der Waals surface area contributed by atoms with Crippen molar-refractivity contribution >= 4 is 17.7 Å². The number of hydrogen-bond acceptors (Lipinski definition) is 2. The first kappa shape index (κ1) is 12.4. The van der Waals surface area contributed by atoms with E-state index in [1.807, 2.05) is 32.0 Å². The van der Waals surface area contributed by atoms with E-state index in [0.29, 0.717) is 5.69 Å². The molecule has 0 aromatic heterocycles. The van der Waals surface area contributed by atoms with Crippen molar-refractivity contribution in [2.24, 2.45) is 0 Å². The molecule has 1 N–H and O–H groups in total. The van der Waals surface area contributed by atoms with Gasteiger partial charge in [0.15, 0.2) is 6.04 Å². The lowest BCUT2D eigenvalue weighted by Gasteiger charge is -2.21. The molecule has 1 unspecified atom stereocenters. The SMILES string of the molecule is Cc1cc(C)cc(N2C(=O)N(C)CC2C(=O)O)c1. The molecule has 5 nitrogen and oxygen atoms in total. The summed E-state index contributed by atoms with van der Waals surface area (Å²) in [7, 11) is 1.61. The number of nitrogens with zero attached hydrogens (tertiary/aromatic N) is 2. The number of urea groups is 1. The van der Waals surface area contributed by atoms with Crippen molar-refractivity contribution in [2.45, 2.75) is 19.9 Å². The maximum Gasteiger partial charge on any atom is 0.328 e. The Bertz CT molecular complexity index is 493. The molecule has 1 saturated heterocycles. The van der Waals surface area contributed by atoms with Crippen LogP contribution in [0.25, 0.3) is 0 Å². The molecule has 1 aliphatic rings. The van der Waals surface area contributed by atoms with Gasteiger partial charge in [-0.25, -0.2) is 9.59 Å². The molecule has 5 heteroatoms. The number of carbonyl (C=O) groups is 2. The third-order valence-corrected chi connectivity index (χ3v) is 3.06. The molecule has 0 saturated carbocycles. The number of aliphatic carboxylic acids is 1. The maximum atomic E-state index is 12.0. The van der Waals surface area contributed by atoms with Gasteiger partial charge in [-0.15, -0.1) is 0 Å². The number of carboxylic acids is 1. The Morgan fingerprint density at radius 1 is 1.28 bits per heavy atom. The third kappa shape index (κ3) is 2.03. The Kier molecular flexibility index (Phi) is 2.98. The summed E-state index contributed by atoms with van der Waals surface area (Å²) in [6.07, 6.45) is 0. The van der Waals surface area contributed by atoms with Crippen molar-refractivity contribution in [2.75, 3.05) is 18.5 Å². The van der Waals surface area contributed by atoms with Gasteiger partial charge in [-0.3, -0.25) is 4.90 Å². The standard InChI is InChI=1S/C13H16N2O3/c1-8-4-9(2)6-10(5-8)15-11(12(16)17)7-14(3)13(15)18/h4-6,11H,7H2,1-3H3,(H,16,17). The highest BCUT2D eigenvalue weighted by molar-refractivity contribution is 6.01. The Balaban J connectivity index is 2.46. The Morgan fingerprint density at radius 3 is 2.33 bits per heavy atom. The van der Waals surface area contributed by atoms with Crippen molar-refractivity contribution in [3.63, 3.8) is 0 Å². The monoisotopic (exact) mass is 248 g/mol. The molecule has 0 bridgehead atoms. The fourth-order valence-corrected chi connectivity index (χ4v) is 2.31. The lowest BCUT2D eigenvalue weighted by molar-refractivity contribution is -0.138. The molecular formula is C13H16N2O3. The first-order valence-corrected chi connectivity index (χ1v) is 5.75. The third-order valence-electron chi connectivity index (χ3n) is 3.06. The molecule has 0 radical (unpaired) electrons. The lowest BCUT2D eigenvalue weighted by Crippen LogP contribution is -2.39. The molecule has 0 aliphatic carbocycles. The maximum absolute atomic E-state index is 12.0. The van der Waals surface area contributed by atoms with Gasteiger partial charge in [0.1, 0.15) is 0 Å². The highest BCUT2D eigenvalue weighted by Gasteiger charge is 2.40. The second kappa shape index (κ2) is 4.33. The number of carboxylic acid groups (broad SMARTS) is 1. The van der Waals surface area contributed by atoms with Crippen LogP contribution in [-0.4, -0.2) is 41.6 Å². The number of carbonyl (C=O) groups excluding carboxylic acids is 1. The minimum absolute atomic E-state index is 0.209. The molecule has 0 spiro atoms. The molecule has 1 aromatic rings. The van der Waals surface area contributed by atoms with Crippen molar-refractivity contribution in [1.82, 2.24) is 4.90 Å². The fourth-order valence-electron chi connectivity index (χ4n) is 2.31. The Hall–Kier alpha value is -2.04. The summed E-state index contributed by atoms with van der Waals surface area (Å²) in [5.74, 6) is -0.980. The van der Waals surface area contributed by atoms with Crippen LogP contribution in [0.15, 0.2) is 18.2 Å². The zero-order valence-corrected chi connectivity index (χ0v) is 10.7. The second-order valence-corrected chi connectivity index (χ2v) is 4.73. The molecule has 18 heavy (non-hydrogen) atoms. The van der Waals surface area contributed by atoms with E-state index in [9.17, 15) is 14.7 Å². The van der Waals surface area contributed by atoms with Crippen LogP contribution in [0.4, 0.5) is 10.5 Å². The van der Waals surface area contributed by atoms with Crippen LogP contribution >= 0.6 is 0 Å². The number of rotatable bonds is 2. The molecule has 2 amide bonds. The molecule has 1 atom stereocenters. The fraction of sp³-hybridized carbons (Fsp3) is 0.385. The van der Waals surface area contributed by atoms with Gasteiger partial charge in [-0.2, -0.15) is 0 Å². The number of anilines is 1. The molecule has 2 rings (SSSR count). The van der Waals surface area contributed by atoms with E-state index >= 15 is 0 Å². The average Bonchev–Trinajstić information content (AvgIpc) is 2.54. The van der Waals surface area contributed by atoms with E-state index in [1.54, 1.807) is 7.05 Å². The van der Waals surface area contributed by atoms with E-state index in [-0.39, 0.29) is 12.6 Å². The molecule has 1 fully saturated rings. The van der Waals surface area contributed by atoms with Crippen LogP contribution in [-0.2, 0) is 4.79 Å². The van der Waals surface area contributed by atoms with Crippen LogP contribution in [0, 0.1) is 13.8 Å². The highest BCUT2D eigenvalue weighted by atomic mass is 16.4. The summed E-state index contributed by atoms with van der Waals surface area (Å²) >= 11 is 0. The van der Waals surface area contributed by atoms with Crippen molar-refractivity contribution in [3.8, 4) is 0 Å². The van der Waals surface area contributed by atoms with Gasteiger partial charge in [0, 0.05) is 12.7 Å². The van der Waals surface area contributed by atoms with Crippen LogP contribution in [0.2, 0.25) is 0 Å². The average molecular weight is 248 g/mol. The number of amides is 2. The summed E-state index contributed by atoms with van der Waals surface area (Å²) in [5, 5.41) is 9.20. The first-order valence-electron chi connectivity index (χ1n) is 5.75. The van der Waals surface area contributed by atoms with Gasteiger partial charge >= 0.3 is 12.0 Å². The van der Waals surface area contributed by atoms with Crippen LogP contribution in [0.3, 0.4) is 0 Å². The first-order chi connectivity index (χ1) is 8.40. The van der Waals surface area contributed by atoms with Gasteiger partial charge < -0.3 is 10.0 Å². The quantitative estimate of drug-likeness (QED) is 0.865. The van der Waals surface area contributed by atoms with Gasteiger partial charge in [0.25, 0.3) is 0 Å².